The largest absolute Gasteiger partial charge is 0.418 e. The fourth-order valence-corrected chi connectivity index (χ4v) is 3.03. The van der Waals surface area contributed by atoms with Gasteiger partial charge in [0, 0.05) is 5.02 Å². The van der Waals surface area contributed by atoms with Gasteiger partial charge in [-0.2, -0.15) is 13.2 Å². The number of benzene rings is 2. The number of nitrogens with one attached hydrogen (secondary N) is 1. The summed E-state index contributed by atoms with van der Waals surface area (Å²) >= 11 is 11.9. The molecule has 0 saturated carbocycles. The van der Waals surface area contributed by atoms with Gasteiger partial charge in [0.1, 0.15) is 6.54 Å². The number of carbonyl (C=O) groups is 1. The maximum absolute atomic E-state index is 13.0. The first-order chi connectivity index (χ1) is 12.7. The highest BCUT2D eigenvalue weighted by atomic mass is 35.5. The molecule has 2 aromatic carbocycles. The number of hydrogen-bond donors (Lipinski definition) is 1. The summed E-state index contributed by atoms with van der Waals surface area (Å²) in [6, 6.07) is 7.32. The fraction of sp³-hybridized carbons (Fsp3) is 0.118. The van der Waals surface area contributed by atoms with Crippen LogP contribution in [-0.2, 0) is 17.5 Å². The van der Waals surface area contributed by atoms with E-state index >= 15 is 0 Å². The molecular formula is C17H10Cl2F3N3O2. The molecule has 3 aromatic rings. The topological polar surface area (TPSA) is 64.0 Å². The fourth-order valence-electron chi connectivity index (χ4n) is 2.49. The summed E-state index contributed by atoms with van der Waals surface area (Å²) in [5.41, 5.74) is -1.77. The van der Waals surface area contributed by atoms with Crippen LogP contribution >= 0.6 is 23.2 Å². The van der Waals surface area contributed by atoms with Crippen LogP contribution in [0.5, 0.6) is 0 Å². The number of anilines is 1. The first-order valence-electron chi connectivity index (χ1n) is 7.47. The summed E-state index contributed by atoms with van der Waals surface area (Å²) in [6.07, 6.45) is -3.53. The molecule has 1 amide bonds. The molecule has 0 unspecified atom stereocenters. The van der Waals surface area contributed by atoms with Crippen LogP contribution in [0.1, 0.15) is 5.56 Å². The minimum absolute atomic E-state index is 0.0958. The Morgan fingerprint density at radius 3 is 2.59 bits per heavy atom. The van der Waals surface area contributed by atoms with Crippen LogP contribution < -0.4 is 10.9 Å². The van der Waals surface area contributed by atoms with Crippen molar-refractivity contribution in [3.8, 4) is 0 Å². The molecule has 1 aromatic heterocycles. The lowest BCUT2D eigenvalue weighted by Crippen LogP contribution is -2.28. The number of alkyl halides is 3. The molecule has 0 atom stereocenters. The number of rotatable bonds is 3. The maximum atomic E-state index is 13.0. The van der Waals surface area contributed by atoms with E-state index in [-0.39, 0.29) is 20.9 Å². The van der Waals surface area contributed by atoms with Crippen LogP contribution in [0.25, 0.3) is 10.9 Å². The van der Waals surface area contributed by atoms with Crippen molar-refractivity contribution < 1.29 is 18.0 Å². The Balaban J connectivity index is 1.90. The quantitative estimate of drug-likeness (QED) is 0.690. The monoisotopic (exact) mass is 415 g/mol. The Bertz CT molecular complexity index is 1100. The molecule has 10 heteroatoms. The summed E-state index contributed by atoms with van der Waals surface area (Å²) in [5, 5.41) is 2.65. The van der Waals surface area contributed by atoms with Gasteiger partial charge in [-0.1, -0.05) is 35.3 Å². The van der Waals surface area contributed by atoms with Crippen molar-refractivity contribution in [3.63, 3.8) is 0 Å². The third kappa shape index (κ3) is 4.06. The van der Waals surface area contributed by atoms with Crippen LogP contribution in [0, 0.1) is 0 Å². The highest BCUT2D eigenvalue weighted by molar-refractivity contribution is 6.38. The number of aromatic nitrogens is 2. The van der Waals surface area contributed by atoms with E-state index in [2.05, 4.69) is 10.3 Å². The average molecular weight is 416 g/mol. The van der Waals surface area contributed by atoms with E-state index in [0.29, 0.717) is 0 Å². The van der Waals surface area contributed by atoms with Crippen LogP contribution in [0.4, 0.5) is 18.9 Å². The van der Waals surface area contributed by atoms with Crippen LogP contribution in [0.15, 0.2) is 47.5 Å². The zero-order chi connectivity index (χ0) is 19.8. The van der Waals surface area contributed by atoms with Gasteiger partial charge in [0.05, 0.1) is 33.5 Å². The Labute approximate surface area is 160 Å². The van der Waals surface area contributed by atoms with Gasteiger partial charge in [-0.25, -0.2) is 4.98 Å². The first-order valence-corrected chi connectivity index (χ1v) is 8.22. The normalized spacial score (nSPS) is 11.6. The van der Waals surface area contributed by atoms with E-state index in [1.165, 1.54) is 24.3 Å². The van der Waals surface area contributed by atoms with E-state index in [9.17, 15) is 22.8 Å². The van der Waals surface area contributed by atoms with Gasteiger partial charge < -0.3 is 5.32 Å². The van der Waals surface area contributed by atoms with Crippen molar-refractivity contribution in [1.29, 1.82) is 0 Å². The van der Waals surface area contributed by atoms with E-state index < -0.39 is 35.4 Å². The third-order valence-corrected chi connectivity index (χ3v) is 4.17. The molecule has 1 heterocycles. The van der Waals surface area contributed by atoms with Crippen molar-refractivity contribution in [2.45, 2.75) is 12.7 Å². The summed E-state index contributed by atoms with van der Waals surface area (Å²) in [6.45, 7) is -0.530. The number of nitrogens with zero attached hydrogens (tertiary/aromatic N) is 2. The number of amides is 1. The van der Waals surface area contributed by atoms with Crippen LogP contribution in [-0.4, -0.2) is 15.5 Å². The lowest BCUT2D eigenvalue weighted by molar-refractivity contribution is -0.137. The molecular weight excluding hydrogens is 406 g/mol. The minimum Gasteiger partial charge on any atom is -0.324 e. The summed E-state index contributed by atoms with van der Waals surface area (Å²) < 4.78 is 40.0. The zero-order valence-corrected chi connectivity index (χ0v) is 14.9. The average Bonchev–Trinajstić information content (AvgIpc) is 2.57. The van der Waals surface area contributed by atoms with Crippen molar-refractivity contribution >= 4 is 45.7 Å². The molecule has 27 heavy (non-hydrogen) atoms. The van der Waals surface area contributed by atoms with Crippen molar-refractivity contribution in [1.82, 2.24) is 9.55 Å². The molecule has 0 fully saturated rings. The highest BCUT2D eigenvalue weighted by Crippen LogP contribution is 2.34. The summed E-state index contributed by atoms with van der Waals surface area (Å²) in [7, 11) is 0. The summed E-state index contributed by atoms with van der Waals surface area (Å²) in [5.74, 6) is -0.817. The third-order valence-electron chi connectivity index (χ3n) is 3.67. The molecule has 0 bridgehead atoms. The second kappa shape index (κ2) is 7.21. The molecule has 0 aliphatic carbocycles. The maximum Gasteiger partial charge on any atom is 0.418 e. The standard InChI is InChI=1S/C17H10Cl2F3N3O2/c18-9-5-10-15(12(19)6-9)23-8-25(16(10)27)7-14(26)24-13-4-2-1-3-11(13)17(20,21)22/h1-6,8H,7H2,(H,24,26). The zero-order valence-electron chi connectivity index (χ0n) is 13.3. The van der Waals surface area contributed by atoms with Crippen LogP contribution in [0.2, 0.25) is 10.0 Å². The lowest BCUT2D eigenvalue weighted by atomic mass is 10.1. The second-order valence-corrected chi connectivity index (χ2v) is 6.40. The number of hydrogen-bond acceptors (Lipinski definition) is 3. The Hall–Kier alpha value is -2.58. The lowest BCUT2D eigenvalue weighted by Gasteiger charge is -2.14. The predicted molar refractivity (Wildman–Crippen MR) is 96.1 cm³/mol. The Morgan fingerprint density at radius 1 is 1.19 bits per heavy atom. The molecule has 0 saturated heterocycles. The summed E-state index contributed by atoms with van der Waals surface area (Å²) in [4.78, 5) is 28.7. The molecule has 0 aliphatic rings. The van der Waals surface area contributed by atoms with Crippen molar-refractivity contribution in [3.05, 3.63) is 68.7 Å². The Kier molecular flexibility index (Phi) is 5.12. The minimum atomic E-state index is -4.63. The number of carbonyl (C=O) groups excluding carboxylic acids is 1. The van der Waals surface area contributed by atoms with E-state index in [4.69, 9.17) is 23.2 Å². The molecule has 0 spiro atoms. The van der Waals surface area contributed by atoms with Crippen molar-refractivity contribution in [2.75, 3.05) is 5.32 Å². The highest BCUT2D eigenvalue weighted by Gasteiger charge is 2.33. The molecule has 5 nitrogen and oxygen atoms in total. The van der Waals surface area contributed by atoms with Gasteiger partial charge in [-0.15, -0.1) is 0 Å². The van der Waals surface area contributed by atoms with Crippen molar-refractivity contribution in [2.24, 2.45) is 0 Å². The molecule has 1 N–H and O–H groups in total. The van der Waals surface area contributed by atoms with Gasteiger partial charge >= 0.3 is 6.18 Å². The molecule has 0 aliphatic heterocycles. The number of para-hydroxylation sites is 1. The molecule has 140 valence electrons. The van der Waals surface area contributed by atoms with Gasteiger partial charge in [-0.05, 0) is 24.3 Å². The van der Waals surface area contributed by atoms with E-state index in [1.807, 2.05) is 0 Å². The smallest absolute Gasteiger partial charge is 0.324 e. The van der Waals surface area contributed by atoms with Gasteiger partial charge in [0.15, 0.2) is 0 Å². The van der Waals surface area contributed by atoms with Gasteiger partial charge in [0.2, 0.25) is 5.91 Å². The van der Waals surface area contributed by atoms with E-state index in [1.54, 1.807) is 0 Å². The predicted octanol–water partition coefficient (Wildman–Crippen LogP) is 4.36. The second-order valence-electron chi connectivity index (χ2n) is 5.55. The van der Waals surface area contributed by atoms with Gasteiger partial charge in [0.25, 0.3) is 5.56 Å². The first kappa shape index (κ1) is 19.2. The Morgan fingerprint density at radius 2 is 1.89 bits per heavy atom. The number of fused-ring (bicyclic) bond motifs is 1. The molecule has 3 rings (SSSR count). The van der Waals surface area contributed by atoms with Gasteiger partial charge in [-0.3, -0.25) is 14.2 Å². The van der Waals surface area contributed by atoms with E-state index in [0.717, 1.165) is 23.0 Å². The number of halogens is 5. The van der Waals surface area contributed by atoms with Crippen LogP contribution in [0.3, 0.4) is 0 Å². The molecule has 0 radical (unpaired) electrons. The SMILES string of the molecule is O=C(Cn1cnc2c(Cl)cc(Cl)cc2c1=O)Nc1ccccc1C(F)(F)F.